The molecular weight excluding hydrogens is 438 g/mol. The smallest absolute Gasteiger partial charge is 0.410 e. The second-order valence-corrected chi connectivity index (χ2v) is 11.2. The molecule has 3 aliphatic rings. The number of amides is 3. The van der Waals surface area contributed by atoms with Crippen LogP contribution in [0.2, 0.25) is 0 Å². The van der Waals surface area contributed by atoms with Crippen molar-refractivity contribution in [2.45, 2.75) is 77.1 Å². The number of hydrogen-bond acceptors (Lipinski definition) is 6. The van der Waals surface area contributed by atoms with Gasteiger partial charge in [-0.3, -0.25) is 9.59 Å². The topological polar surface area (TPSA) is 119 Å². The maximum absolute atomic E-state index is 13.9. The van der Waals surface area contributed by atoms with Crippen LogP contribution in [-0.4, -0.2) is 74.8 Å². The summed E-state index contributed by atoms with van der Waals surface area (Å²) in [7, 11) is 0. The first-order chi connectivity index (χ1) is 15.8. The van der Waals surface area contributed by atoms with Gasteiger partial charge in [0.1, 0.15) is 17.4 Å². The van der Waals surface area contributed by atoms with E-state index in [1.165, 1.54) is 0 Å². The average Bonchev–Trinajstić information content (AvgIpc) is 3.41. The molecule has 0 bridgehead atoms. The van der Waals surface area contributed by atoms with Gasteiger partial charge >= 0.3 is 6.09 Å². The van der Waals surface area contributed by atoms with Crippen molar-refractivity contribution in [3.63, 3.8) is 0 Å². The number of aromatic hydroxyl groups is 1. The molecule has 3 amide bonds. The van der Waals surface area contributed by atoms with Crippen molar-refractivity contribution in [1.82, 2.24) is 15.1 Å². The number of aliphatic hydroxyl groups is 1. The normalized spacial score (nSPS) is 25.5. The quantitative estimate of drug-likeness (QED) is 0.615. The van der Waals surface area contributed by atoms with Crippen LogP contribution in [0.5, 0.6) is 5.75 Å². The first kappa shape index (κ1) is 24.3. The number of phenolic OH excluding ortho intramolecular Hbond substituents is 1. The third-order valence-electron chi connectivity index (χ3n) is 7.07. The van der Waals surface area contributed by atoms with Gasteiger partial charge in [0.05, 0.1) is 17.6 Å². The zero-order valence-corrected chi connectivity index (χ0v) is 20.4. The van der Waals surface area contributed by atoms with Crippen LogP contribution in [0.3, 0.4) is 0 Å². The van der Waals surface area contributed by atoms with Gasteiger partial charge < -0.3 is 30.1 Å². The standard InChI is InChI=1S/C25H35N3O6/c1-23(2,3)34-22(33)27-10-9-24(4,14-27)21(32)28-13-16-5-6-18(30)11-17(16)12-19(28)20(31)26-25(15-29)7-8-25/h5-6,11,19,29-30H,7-10,12-15H2,1-4H3,(H,26,31)/t19-,24?/m0/s1. The van der Waals surface area contributed by atoms with Gasteiger partial charge in [-0.05, 0) is 70.2 Å². The minimum absolute atomic E-state index is 0.113. The summed E-state index contributed by atoms with van der Waals surface area (Å²) in [5.74, 6) is -0.381. The molecule has 1 saturated carbocycles. The molecule has 4 rings (SSSR count). The number of ether oxygens (including phenoxy) is 1. The van der Waals surface area contributed by atoms with E-state index in [1.54, 1.807) is 48.8 Å². The van der Waals surface area contributed by atoms with E-state index in [2.05, 4.69) is 5.32 Å². The van der Waals surface area contributed by atoms with Crippen molar-refractivity contribution in [1.29, 1.82) is 0 Å². The van der Waals surface area contributed by atoms with Crippen LogP contribution in [-0.2, 0) is 27.3 Å². The monoisotopic (exact) mass is 473 g/mol. The predicted octanol–water partition coefficient (Wildman–Crippen LogP) is 1.93. The van der Waals surface area contributed by atoms with Crippen LogP contribution in [0.1, 0.15) is 58.1 Å². The molecule has 1 aliphatic carbocycles. The van der Waals surface area contributed by atoms with E-state index in [1.807, 2.05) is 6.92 Å². The molecule has 2 heterocycles. The number of phenols is 1. The van der Waals surface area contributed by atoms with Crippen LogP contribution >= 0.6 is 0 Å². The fraction of sp³-hybridized carbons (Fsp3) is 0.640. The van der Waals surface area contributed by atoms with E-state index in [-0.39, 0.29) is 43.7 Å². The van der Waals surface area contributed by atoms with E-state index in [0.29, 0.717) is 25.8 Å². The first-order valence-corrected chi connectivity index (χ1v) is 11.9. The minimum Gasteiger partial charge on any atom is -0.508 e. The highest BCUT2D eigenvalue weighted by atomic mass is 16.6. The molecule has 34 heavy (non-hydrogen) atoms. The van der Waals surface area contributed by atoms with Crippen LogP contribution in [0.25, 0.3) is 0 Å². The van der Waals surface area contributed by atoms with Gasteiger partial charge in [-0.25, -0.2) is 4.79 Å². The van der Waals surface area contributed by atoms with Gasteiger partial charge in [0, 0.05) is 26.1 Å². The van der Waals surface area contributed by atoms with E-state index in [4.69, 9.17) is 4.74 Å². The second kappa shape index (κ2) is 8.45. The number of nitrogens with zero attached hydrogens (tertiary/aromatic N) is 2. The van der Waals surface area contributed by atoms with Crippen LogP contribution in [0, 0.1) is 5.41 Å². The number of carbonyl (C=O) groups is 3. The molecule has 2 aliphatic heterocycles. The number of aliphatic hydroxyl groups excluding tert-OH is 1. The Balaban J connectivity index is 1.56. The average molecular weight is 474 g/mol. The Hall–Kier alpha value is -2.81. The van der Waals surface area contributed by atoms with Crippen LogP contribution < -0.4 is 5.32 Å². The molecule has 2 atom stereocenters. The molecule has 1 unspecified atom stereocenters. The number of carbonyl (C=O) groups excluding carboxylic acids is 3. The van der Waals surface area contributed by atoms with Crippen LogP contribution in [0.4, 0.5) is 4.79 Å². The molecule has 0 spiro atoms. The zero-order chi connectivity index (χ0) is 24.9. The summed E-state index contributed by atoms with van der Waals surface area (Å²) in [4.78, 5) is 42.9. The second-order valence-electron chi connectivity index (χ2n) is 11.2. The fourth-order valence-electron chi connectivity index (χ4n) is 4.80. The maximum Gasteiger partial charge on any atom is 0.410 e. The highest BCUT2D eigenvalue weighted by molar-refractivity contribution is 5.92. The highest BCUT2D eigenvalue weighted by Crippen LogP contribution is 2.38. The molecule has 0 radical (unpaired) electrons. The third-order valence-corrected chi connectivity index (χ3v) is 7.07. The summed E-state index contributed by atoms with van der Waals surface area (Å²) in [5, 5.41) is 22.5. The van der Waals surface area contributed by atoms with E-state index in [0.717, 1.165) is 11.1 Å². The van der Waals surface area contributed by atoms with Gasteiger partial charge in [-0.1, -0.05) is 6.07 Å². The molecule has 9 heteroatoms. The van der Waals surface area contributed by atoms with E-state index >= 15 is 0 Å². The Kier molecular flexibility index (Phi) is 6.04. The zero-order valence-electron chi connectivity index (χ0n) is 20.4. The van der Waals surface area contributed by atoms with Crippen LogP contribution in [0.15, 0.2) is 18.2 Å². The number of rotatable bonds is 4. The lowest BCUT2D eigenvalue weighted by Gasteiger charge is -2.40. The van der Waals surface area contributed by atoms with Crippen molar-refractivity contribution in [2.75, 3.05) is 19.7 Å². The van der Waals surface area contributed by atoms with Crippen molar-refractivity contribution in [2.24, 2.45) is 5.41 Å². The van der Waals surface area contributed by atoms with Gasteiger partial charge in [-0.15, -0.1) is 0 Å². The van der Waals surface area contributed by atoms with Crippen molar-refractivity contribution >= 4 is 17.9 Å². The fourth-order valence-corrected chi connectivity index (χ4v) is 4.80. The number of likely N-dealkylation sites (tertiary alicyclic amines) is 1. The van der Waals surface area contributed by atoms with Crippen molar-refractivity contribution < 1.29 is 29.3 Å². The Bertz CT molecular complexity index is 999. The third kappa shape index (κ3) is 4.85. The molecule has 3 N–H and O–H groups in total. The number of nitrogens with one attached hydrogen (secondary N) is 1. The minimum atomic E-state index is -0.849. The molecule has 186 valence electrons. The largest absolute Gasteiger partial charge is 0.508 e. The van der Waals surface area contributed by atoms with Gasteiger partial charge in [-0.2, -0.15) is 0 Å². The summed E-state index contributed by atoms with van der Waals surface area (Å²) >= 11 is 0. The number of hydrogen-bond donors (Lipinski definition) is 3. The van der Waals surface area contributed by atoms with E-state index in [9.17, 15) is 24.6 Å². The van der Waals surface area contributed by atoms with E-state index < -0.39 is 28.7 Å². The predicted molar refractivity (Wildman–Crippen MR) is 124 cm³/mol. The molecule has 9 nitrogen and oxygen atoms in total. The Labute approximate surface area is 200 Å². The summed E-state index contributed by atoms with van der Waals surface area (Å²) < 4.78 is 5.48. The van der Waals surface area contributed by atoms with Crippen molar-refractivity contribution in [3.8, 4) is 5.75 Å². The maximum atomic E-state index is 13.9. The Morgan fingerprint density at radius 3 is 2.50 bits per heavy atom. The lowest BCUT2D eigenvalue weighted by atomic mass is 9.84. The molecule has 1 aromatic carbocycles. The summed E-state index contributed by atoms with van der Waals surface area (Å²) in [6.45, 7) is 7.95. The first-order valence-electron chi connectivity index (χ1n) is 11.9. The SMILES string of the molecule is CC(C)(C)OC(=O)N1CCC(C)(C(=O)N2Cc3ccc(O)cc3C[C@H]2C(=O)NC2(CO)CC2)C1. The lowest BCUT2D eigenvalue weighted by Crippen LogP contribution is -2.58. The number of fused-ring (bicyclic) bond motifs is 1. The molecule has 1 saturated heterocycles. The summed E-state index contributed by atoms with van der Waals surface area (Å²) in [6.07, 6.45) is 1.70. The van der Waals surface area contributed by atoms with Gasteiger partial charge in [0.15, 0.2) is 0 Å². The summed E-state index contributed by atoms with van der Waals surface area (Å²) in [5.41, 5.74) is -0.376. The molecular formula is C25H35N3O6. The van der Waals surface area contributed by atoms with Crippen molar-refractivity contribution in [3.05, 3.63) is 29.3 Å². The Morgan fingerprint density at radius 2 is 1.88 bits per heavy atom. The van der Waals surface area contributed by atoms with Gasteiger partial charge in [0.25, 0.3) is 0 Å². The molecule has 0 aromatic heterocycles. The van der Waals surface area contributed by atoms with Gasteiger partial charge in [0.2, 0.25) is 11.8 Å². The Morgan fingerprint density at radius 1 is 1.18 bits per heavy atom. The molecule has 1 aromatic rings. The summed E-state index contributed by atoms with van der Waals surface area (Å²) in [6, 6.07) is 4.23. The lowest BCUT2D eigenvalue weighted by molar-refractivity contribution is -0.149. The number of benzene rings is 1. The highest BCUT2D eigenvalue weighted by Gasteiger charge is 2.50. The molecule has 2 fully saturated rings.